The van der Waals surface area contributed by atoms with Crippen molar-refractivity contribution < 1.29 is 45.0 Å². The molecule has 0 bridgehead atoms. The molecule has 1 aliphatic heterocycles. The van der Waals surface area contributed by atoms with Gasteiger partial charge in [0, 0.05) is 12.7 Å². The molecule has 2 aromatic carbocycles. The van der Waals surface area contributed by atoms with Gasteiger partial charge in [-0.2, -0.15) is 13.2 Å². The Morgan fingerprint density at radius 2 is 1.86 bits per heavy atom. The predicted octanol–water partition coefficient (Wildman–Crippen LogP) is 4.46. The number of carbonyl (C=O) groups excluding carboxylic acids is 2. The molecule has 0 saturated heterocycles. The number of nitrogens with zero attached hydrogens (tertiary/aromatic N) is 1. The van der Waals surface area contributed by atoms with E-state index in [9.17, 15) is 35.6 Å². The minimum Gasteiger partial charge on any atom is -0.486 e. The molecular formula is C22H22ClF4N3O6S. The highest BCUT2D eigenvalue weighted by atomic mass is 35.5. The van der Waals surface area contributed by atoms with Crippen molar-refractivity contribution in [2.75, 3.05) is 23.2 Å². The van der Waals surface area contributed by atoms with Gasteiger partial charge in [-0.25, -0.2) is 17.6 Å². The Labute approximate surface area is 214 Å². The minimum absolute atomic E-state index is 0.00600. The fraction of sp³-hybridized carbons (Fsp3) is 0.364. The summed E-state index contributed by atoms with van der Waals surface area (Å²) >= 11 is 5.77. The summed E-state index contributed by atoms with van der Waals surface area (Å²) in [7, 11) is -3.01. The zero-order chi connectivity index (χ0) is 27.8. The summed E-state index contributed by atoms with van der Waals surface area (Å²) in [6, 6.07) is 6.45. The molecule has 202 valence electrons. The minimum atomic E-state index is -4.84. The third kappa shape index (κ3) is 6.18. The van der Waals surface area contributed by atoms with E-state index in [0.29, 0.717) is 13.8 Å². The number of hydrogen-bond acceptors (Lipinski definition) is 6. The lowest BCUT2D eigenvalue weighted by molar-refractivity contribution is -0.242. The molecule has 1 unspecified atom stereocenters. The van der Waals surface area contributed by atoms with Crippen LogP contribution < -0.4 is 19.7 Å². The normalized spacial score (nSPS) is 15.9. The van der Waals surface area contributed by atoms with Gasteiger partial charge in [-0.1, -0.05) is 11.6 Å². The largest absolute Gasteiger partial charge is 0.486 e. The highest BCUT2D eigenvalue weighted by Gasteiger charge is 2.51. The Morgan fingerprint density at radius 3 is 2.46 bits per heavy atom. The topological polar surface area (TPSA) is 114 Å². The molecule has 2 amide bonds. The van der Waals surface area contributed by atoms with Gasteiger partial charge in [0.05, 0.1) is 28.6 Å². The van der Waals surface area contributed by atoms with Crippen LogP contribution in [0.2, 0.25) is 5.02 Å². The number of ether oxygens (including phenoxy) is 2. The molecular weight excluding hydrogens is 546 g/mol. The van der Waals surface area contributed by atoms with Gasteiger partial charge in [0.15, 0.2) is 0 Å². The van der Waals surface area contributed by atoms with Crippen molar-refractivity contribution >= 4 is 45.0 Å². The Balaban J connectivity index is 1.99. The van der Waals surface area contributed by atoms with Crippen molar-refractivity contribution in [3.05, 3.63) is 47.2 Å². The average Bonchev–Trinajstić information content (AvgIpc) is 2.79. The van der Waals surface area contributed by atoms with E-state index in [2.05, 4.69) is 15.4 Å². The second-order valence-electron chi connectivity index (χ2n) is 8.43. The third-order valence-electron chi connectivity index (χ3n) is 5.34. The van der Waals surface area contributed by atoms with Gasteiger partial charge < -0.3 is 14.8 Å². The molecule has 15 heteroatoms. The number of fused-ring (bicyclic) bond motifs is 1. The summed E-state index contributed by atoms with van der Waals surface area (Å²) in [4.78, 5) is 23.7. The van der Waals surface area contributed by atoms with E-state index in [1.54, 1.807) is 0 Å². The molecule has 2 aromatic rings. The maximum absolute atomic E-state index is 13.7. The van der Waals surface area contributed by atoms with Gasteiger partial charge >= 0.3 is 12.3 Å². The van der Waals surface area contributed by atoms with E-state index in [4.69, 9.17) is 16.3 Å². The number of alkyl halides is 3. The molecule has 0 aliphatic carbocycles. The molecule has 0 saturated carbocycles. The van der Waals surface area contributed by atoms with Crippen LogP contribution in [0.1, 0.15) is 20.3 Å². The number of amides is 2. The summed E-state index contributed by atoms with van der Waals surface area (Å²) in [5.74, 6) is -1.26. The Kier molecular flexibility index (Phi) is 7.84. The number of carbonyl (C=O) groups is 2. The van der Waals surface area contributed by atoms with E-state index in [-0.39, 0.29) is 35.0 Å². The maximum atomic E-state index is 13.7. The first-order valence-electron chi connectivity index (χ1n) is 10.6. The number of hydrogen-bond donors (Lipinski definition) is 2. The van der Waals surface area contributed by atoms with Crippen LogP contribution in [-0.2, 0) is 19.6 Å². The number of benzene rings is 2. The fourth-order valence-electron chi connectivity index (χ4n) is 3.23. The Hall–Kier alpha value is -3.26. The summed E-state index contributed by atoms with van der Waals surface area (Å²) in [6.07, 6.45) is -7.40. The van der Waals surface area contributed by atoms with Crippen molar-refractivity contribution in [2.45, 2.75) is 43.0 Å². The molecule has 37 heavy (non-hydrogen) atoms. The highest BCUT2D eigenvalue weighted by molar-refractivity contribution is 7.92. The third-order valence-corrected chi connectivity index (χ3v) is 7.40. The van der Waals surface area contributed by atoms with Crippen LogP contribution in [0, 0.1) is 5.82 Å². The van der Waals surface area contributed by atoms with Gasteiger partial charge in [-0.05, 0) is 50.2 Å². The van der Waals surface area contributed by atoms with Crippen molar-refractivity contribution in [3.63, 3.8) is 0 Å². The summed E-state index contributed by atoms with van der Waals surface area (Å²) in [6.45, 7) is 0.983. The lowest BCUT2D eigenvalue weighted by Gasteiger charge is -2.35. The van der Waals surface area contributed by atoms with Crippen LogP contribution in [0.4, 0.5) is 33.7 Å². The van der Waals surface area contributed by atoms with Crippen LogP contribution in [0.5, 0.6) is 5.75 Å². The molecule has 0 fully saturated rings. The monoisotopic (exact) mass is 567 g/mol. The first-order chi connectivity index (χ1) is 17.0. The zero-order valence-corrected chi connectivity index (χ0v) is 21.2. The van der Waals surface area contributed by atoms with Crippen molar-refractivity contribution in [1.29, 1.82) is 0 Å². The number of anilines is 2. The molecule has 0 radical (unpaired) electrons. The molecule has 1 heterocycles. The smallest absolute Gasteiger partial charge is 0.427 e. The fourth-order valence-corrected chi connectivity index (χ4v) is 5.00. The quantitative estimate of drug-likeness (QED) is 0.498. The second-order valence-corrected chi connectivity index (χ2v) is 10.7. The molecule has 2 N–H and O–H groups in total. The van der Waals surface area contributed by atoms with Gasteiger partial charge in [0.1, 0.15) is 17.7 Å². The van der Waals surface area contributed by atoms with Gasteiger partial charge in [0.25, 0.3) is 10.0 Å². The van der Waals surface area contributed by atoms with Crippen LogP contribution >= 0.6 is 11.6 Å². The first kappa shape index (κ1) is 28.3. The number of rotatable bonds is 6. The molecule has 1 aliphatic rings. The van der Waals surface area contributed by atoms with Gasteiger partial charge in [-0.3, -0.25) is 14.4 Å². The van der Waals surface area contributed by atoms with Crippen LogP contribution in [0.15, 0.2) is 41.3 Å². The molecule has 0 aromatic heterocycles. The van der Waals surface area contributed by atoms with Crippen LogP contribution in [0.25, 0.3) is 0 Å². The van der Waals surface area contributed by atoms with E-state index < -0.39 is 50.7 Å². The molecule has 9 nitrogen and oxygen atoms in total. The lowest BCUT2D eigenvalue weighted by atomic mass is 10.1. The summed E-state index contributed by atoms with van der Waals surface area (Å²) in [5.41, 5.74) is -2.99. The number of sulfonamides is 1. The zero-order valence-electron chi connectivity index (χ0n) is 19.7. The SMILES string of the molecule is CNC(=O)CC1CN(S(=O)(=O)c2ccc(F)c(Cl)c2)c2cc(NC(=O)OC(C)(C)C(F)(F)F)ccc2O1. The molecule has 0 spiro atoms. The van der Waals surface area contributed by atoms with Crippen LogP contribution in [0.3, 0.4) is 0 Å². The Bertz CT molecular complexity index is 1320. The summed E-state index contributed by atoms with van der Waals surface area (Å²) in [5, 5.41) is 4.09. The van der Waals surface area contributed by atoms with E-state index >= 15 is 0 Å². The average molecular weight is 568 g/mol. The van der Waals surface area contributed by atoms with E-state index in [1.807, 2.05) is 0 Å². The highest BCUT2D eigenvalue weighted by Crippen LogP contribution is 2.40. The van der Waals surface area contributed by atoms with Crippen molar-refractivity contribution in [3.8, 4) is 5.75 Å². The van der Waals surface area contributed by atoms with E-state index in [1.165, 1.54) is 19.2 Å². The van der Waals surface area contributed by atoms with Crippen molar-refractivity contribution in [1.82, 2.24) is 5.32 Å². The summed E-state index contributed by atoms with van der Waals surface area (Å²) < 4.78 is 90.9. The van der Waals surface area contributed by atoms with Crippen molar-refractivity contribution in [2.24, 2.45) is 0 Å². The Morgan fingerprint density at radius 1 is 1.19 bits per heavy atom. The van der Waals surface area contributed by atoms with Gasteiger partial charge in [0.2, 0.25) is 11.5 Å². The molecule has 1 atom stereocenters. The number of halogens is 5. The molecule has 3 rings (SSSR count). The predicted molar refractivity (Wildman–Crippen MR) is 126 cm³/mol. The standard InChI is InChI=1S/C22H22ClF4N3O6S/c1-21(2,22(25,26)27)36-20(32)29-12-4-7-18-17(8-12)30(11-13(35-18)9-19(31)28-3)37(33,34)14-5-6-16(24)15(23)10-14/h4-8,10,13H,9,11H2,1-3H3,(H,28,31)(H,29,32). The van der Waals surface area contributed by atoms with Crippen LogP contribution in [-0.4, -0.2) is 51.9 Å². The first-order valence-corrected chi connectivity index (χ1v) is 12.4. The second kappa shape index (κ2) is 10.2. The number of nitrogens with one attached hydrogen (secondary N) is 2. The van der Waals surface area contributed by atoms with Gasteiger partial charge in [-0.15, -0.1) is 0 Å². The lowest BCUT2D eigenvalue weighted by Crippen LogP contribution is -2.45. The van der Waals surface area contributed by atoms with E-state index in [0.717, 1.165) is 28.6 Å². The maximum Gasteiger partial charge on any atom is 0.427 e.